The molecule has 0 fully saturated rings. The minimum absolute atomic E-state index is 0.0229. The smallest absolute Gasteiger partial charge is 0.372 e. The van der Waals surface area contributed by atoms with E-state index in [9.17, 15) is 4.79 Å². The maximum atomic E-state index is 10.8. The van der Waals surface area contributed by atoms with Gasteiger partial charge in [0.25, 0.3) is 0 Å². The number of nitrogens with one attached hydrogen (secondary N) is 1. The summed E-state index contributed by atoms with van der Waals surface area (Å²) in [7, 11) is 2.06. The SMILES string of the molecule is CC(C)N(C)CCNCc1ccoc1C(=O)O. The van der Waals surface area contributed by atoms with Gasteiger partial charge in [-0.25, -0.2) is 4.79 Å². The van der Waals surface area contributed by atoms with Gasteiger partial charge in [-0.15, -0.1) is 0 Å². The standard InChI is InChI=1S/C12H20N2O3/c1-9(2)14(3)6-5-13-8-10-4-7-17-11(10)12(15)16/h4,7,9,13H,5-6,8H2,1-3H3,(H,15,16). The summed E-state index contributed by atoms with van der Waals surface area (Å²) in [5.41, 5.74) is 0.685. The number of nitrogens with zero attached hydrogens (tertiary/aromatic N) is 1. The van der Waals surface area contributed by atoms with E-state index in [1.54, 1.807) is 6.07 Å². The summed E-state index contributed by atoms with van der Waals surface area (Å²) >= 11 is 0. The van der Waals surface area contributed by atoms with E-state index in [-0.39, 0.29) is 5.76 Å². The van der Waals surface area contributed by atoms with Gasteiger partial charge in [0.2, 0.25) is 5.76 Å². The van der Waals surface area contributed by atoms with Crippen molar-refractivity contribution in [3.8, 4) is 0 Å². The van der Waals surface area contributed by atoms with Crippen LogP contribution in [0.5, 0.6) is 0 Å². The number of aromatic carboxylic acids is 1. The van der Waals surface area contributed by atoms with E-state index in [0.29, 0.717) is 18.2 Å². The molecule has 1 heterocycles. The molecule has 0 aliphatic heterocycles. The van der Waals surface area contributed by atoms with E-state index in [1.165, 1.54) is 6.26 Å². The molecule has 0 atom stereocenters. The van der Waals surface area contributed by atoms with Gasteiger partial charge in [-0.3, -0.25) is 0 Å². The lowest BCUT2D eigenvalue weighted by molar-refractivity contribution is 0.0660. The average molecular weight is 240 g/mol. The van der Waals surface area contributed by atoms with Gasteiger partial charge in [-0.05, 0) is 27.0 Å². The Kier molecular flexibility index (Phi) is 5.18. The molecule has 0 aliphatic carbocycles. The van der Waals surface area contributed by atoms with Gasteiger partial charge in [-0.2, -0.15) is 0 Å². The van der Waals surface area contributed by atoms with Crippen molar-refractivity contribution in [2.75, 3.05) is 20.1 Å². The van der Waals surface area contributed by atoms with Crippen molar-refractivity contribution in [3.63, 3.8) is 0 Å². The molecule has 2 N–H and O–H groups in total. The first-order chi connectivity index (χ1) is 8.02. The molecule has 96 valence electrons. The predicted octanol–water partition coefficient (Wildman–Crippen LogP) is 1.41. The van der Waals surface area contributed by atoms with Crippen LogP contribution in [-0.4, -0.2) is 42.2 Å². The molecular weight excluding hydrogens is 220 g/mol. The molecule has 0 radical (unpaired) electrons. The highest BCUT2D eigenvalue weighted by Gasteiger charge is 2.13. The van der Waals surface area contributed by atoms with Crippen LogP contribution in [0.2, 0.25) is 0 Å². The average Bonchev–Trinajstić information content (AvgIpc) is 2.72. The minimum Gasteiger partial charge on any atom is -0.475 e. The lowest BCUT2D eigenvalue weighted by Gasteiger charge is -2.20. The Labute approximate surface area is 101 Å². The third kappa shape index (κ3) is 4.20. The van der Waals surface area contributed by atoms with Gasteiger partial charge in [0.05, 0.1) is 6.26 Å². The van der Waals surface area contributed by atoms with Crippen LogP contribution in [0.4, 0.5) is 0 Å². The molecule has 1 rings (SSSR count). The molecule has 5 heteroatoms. The molecule has 5 nitrogen and oxygen atoms in total. The Morgan fingerprint density at radius 3 is 2.88 bits per heavy atom. The fourth-order valence-electron chi connectivity index (χ4n) is 1.40. The molecule has 0 bridgehead atoms. The number of rotatable bonds is 7. The maximum Gasteiger partial charge on any atom is 0.372 e. The molecule has 0 spiro atoms. The van der Waals surface area contributed by atoms with Crippen molar-refractivity contribution in [1.29, 1.82) is 0 Å². The molecular formula is C12H20N2O3. The van der Waals surface area contributed by atoms with Crippen molar-refractivity contribution < 1.29 is 14.3 Å². The van der Waals surface area contributed by atoms with Gasteiger partial charge in [0, 0.05) is 31.2 Å². The fraction of sp³-hybridized carbons (Fsp3) is 0.583. The highest BCUT2D eigenvalue weighted by molar-refractivity contribution is 5.86. The van der Waals surface area contributed by atoms with E-state index < -0.39 is 5.97 Å². The zero-order valence-corrected chi connectivity index (χ0v) is 10.6. The first kappa shape index (κ1) is 13.7. The zero-order chi connectivity index (χ0) is 12.8. The highest BCUT2D eigenvalue weighted by atomic mass is 16.4. The second-order valence-corrected chi connectivity index (χ2v) is 4.33. The Bertz CT molecular complexity index is 360. The lowest BCUT2D eigenvalue weighted by Crippen LogP contribution is -2.33. The third-order valence-electron chi connectivity index (χ3n) is 2.78. The summed E-state index contributed by atoms with van der Waals surface area (Å²) in [5, 5.41) is 12.0. The van der Waals surface area contributed by atoms with Crippen LogP contribution in [-0.2, 0) is 6.54 Å². The molecule has 1 aromatic rings. The predicted molar refractivity (Wildman–Crippen MR) is 65.1 cm³/mol. The second kappa shape index (κ2) is 6.42. The zero-order valence-electron chi connectivity index (χ0n) is 10.6. The van der Waals surface area contributed by atoms with Gasteiger partial charge in [-0.1, -0.05) is 0 Å². The van der Waals surface area contributed by atoms with E-state index in [2.05, 4.69) is 31.1 Å². The second-order valence-electron chi connectivity index (χ2n) is 4.33. The first-order valence-electron chi connectivity index (χ1n) is 5.73. The maximum absolute atomic E-state index is 10.8. The molecule has 0 unspecified atom stereocenters. The van der Waals surface area contributed by atoms with E-state index in [1.807, 2.05) is 0 Å². The summed E-state index contributed by atoms with van der Waals surface area (Å²) in [6.07, 6.45) is 1.40. The monoisotopic (exact) mass is 240 g/mol. The van der Waals surface area contributed by atoms with Crippen LogP contribution in [0, 0.1) is 0 Å². The Morgan fingerprint density at radius 2 is 2.29 bits per heavy atom. The van der Waals surface area contributed by atoms with Gasteiger partial charge < -0.3 is 19.7 Å². The molecule has 0 saturated heterocycles. The molecule has 0 saturated carbocycles. The topological polar surface area (TPSA) is 65.7 Å². The molecule has 0 amide bonds. The van der Waals surface area contributed by atoms with Crippen LogP contribution in [0.3, 0.4) is 0 Å². The number of hydrogen-bond donors (Lipinski definition) is 2. The van der Waals surface area contributed by atoms with Crippen LogP contribution >= 0.6 is 0 Å². The fourth-order valence-corrected chi connectivity index (χ4v) is 1.40. The summed E-state index contributed by atoms with van der Waals surface area (Å²) in [5.74, 6) is -0.999. The molecule has 0 aliphatic rings. The first-order valence-corrected chi connectivity index (χ1v) is 5.73. The van der Waals surface area contributed by atoms with Crippen molar-refractivity contribution in [2.24, 2.45) is 0 Å². The number of likely N-dealkylation sites (N-methyl/N-ethyl adjacent to an activating group) is 1. The van der Waals surface area contributed by atoms with Crippen molar-refractivity contribution >= 4 is 5.97 Å². The van der Waals surface area contributed by atoms with Crippen LogP contribution in [0.15, 0.2) is 16.7 Å². The largest absolute Gasteiger partial charge is 0.475 e. The van der Waals surface area contributed by atoms with Crippen LogP contribution < -0.4 is 5.32 Å². The Balaban J connectivity index is 2.31. The summed E-state index contributed by atoms with van der Waals surface area (Å²) in [6, 6.07) is 2.20. The van der Waals surface area contributed by atoms with Crippen LogP contribution in [0.25, 0.3) is 0 Å². The Hall–Kier alpha value is -1.33. The number of furan rings is 1. The number of carbonyl (C=O) groups is 1. The normalized spacial score (nSPS) is 11.4. The van der Waals surface area contributed by atoms with Crippen molar-refractivity contribution in [3.05, 3.63) is 23.7 Å². The van der Waals surface area contributed by atoms with E-state index >= 15 is 0 Å². The van der Waals surface area contributed by atoms with Crippen LogP contribution in [0.1, 0.15) is 30.0 Å². The van der Waals surface area contributed by atoms with Gasteiger partial charge in [0.15, 0.2) is 0 Å². The number of hydrogen-bond acceptors (Lipinski definition) is 4. The third-order valence-corrected chi connectivity index (χ3v) is 2.78. The van der Waals surface area contributed by atoms with E-state index in [4.69, 9.17) is 9.52 Å². The summed E-state index contributed by atoms with van der Waals surface area (Å²) < 4.78 is 4.89. The molecule has 1 aromatic heterocycles. The van der Waals surface area contributed by atoms with E-state index in [0.717, 1.165) is 13.1 Å². The lowest BCUT2D eigenvalue weighted by atomic mass is 10.2. The van der Waals surface area contributed by atoms with Crippen molar-refractivity contribution in [2.45, 2.75) is 26.4 Å². The van der Waals surface area contributed by atoms with Gasteiger partial charge in [0.1, 0.15) is 0 Å². The van der Waals surface area contributed by atoms with Crippen molar-refractivity contribution in [1.82, 2.24) is 10.2 Å². The number of carboxylic acid groups (broad SMARTS) is 1. The Morgan fingerprint density at radius 1 is 1.59 bits per heavy atom. The molecule has 17 heavy (non-hydrogen) atoms. The summed E-state index contributed by atoms with van der Waals surface area (Å²) in [4.78, 5) is 13.0. The quantitative estimate of drug-likeness (QED) is 0.705. The number of carboxylic acids is 1. The highest BCUT2D eigenvalue weighted by Crippen LogP contribution is 2.09. The van der Waals surface area contributed by atoms with Gasteiger partial charge >= 0.3 is 5.97 Å². The summed E-state index contributed by atoms with van der Waals surface area (Å²) in [6.45, 7) is 6.54. The molecule has 0 aromatic carbocycles. The minimum atomic E-state index is -1.02.